The minimum atomic E-state index is -3.53. The first-order chi connectivity index (χ1) is 9.50. The molecule has 20 heavy (non-hydrogen) atoms. The van der Waals surface area contributed by atoms with Gasteiger partial charge in [0.15, 0.2) is 0 Å². The van der Waals surface area contributed by atoms with E-state index >= 15 is 0 Å². The Labute approximate surface area is 119 Å². The van der Waals surface area contributed by atoms with Crippen molar-refractivity contribution in [1.29, 1.82) is 0 Å². The zero-order valence-corrected chi connectivity index (χ0v) is 12.3. The summed E-state index contributed by atoms with van der Waals surface area (Å²) >= 11 is 0. The third-order valence-electron chi connectivity index (χ3n) is 4.29. The van der Waals surface area contributed by atoms with Gasteiger partial charge in [-0.15, -0.1) is 0 Å². The van der Waals surface area contributed by atoms with Gasteiger partial charge in [-0.2, -0.15) is 4.31 Å². The molecule has 3 rings (SSSR count). The average Bonchev–Trinajstić information content (AvgIpc) is 2.66. The highest BCUT2D eigenvalue weighted by Gasteiger charge is 2.42. The standard InChI is InChI=1S/C14H19FN2O2S/c1-10-8-13(4-5-14(10)15)20(18,19)17-11-2-3-12(17)9-16-7-6-11/h4-5,8,11-12,16H,2-3,6-7,9H2,1H3. The maximum Gasteiger partial charge on any atom is 0.243 e. The van der Waals surface area contributed by atoms with Crippen molar-refractivity contribution in [3.05, 3.63) is 29.6 Å². The van der Waals surface area contributed by atoms with E-state index in [4.69, 9.17) is 0 Å². The molecule has 2 heterocycles. The summed E-state index contributed by atoms with van der Waals surface area (Å²) in [6, 6.07) is 4.14. The number of hydrogen-bond donors (Lipinski definition) is 1. The van der Waals surface area contributed by atoms with Crippen LogP contribution in [0.25, 0.3) is 0 Å². The fourth-order valence-electron chi connectivity index (χ4n) is 3.23. The molecule has 6 heteroatoms. The van der Waals surface area contributed by atoms with Gasteiger partial charge in [0.2, 0.25) is 10.0 Å². The van der Waals surface area contributed by atoms with Crippen LogP contribution >= 0.6 is 0 Å². The molecule has 110 valence electrons. The Morgan fingerprint density at radius 1 is 1.25 bits per heavy atom. The van der Waals surface area contributed by atoms with Crippen molar-refractivity contribution in [2.24, 2.45) is 0 Å². The fraction of sp³-hybridized carbons (Fsp3) is 0.571. The molecule has 2 aliphatic heterocycles. The lowest BCUT2D eigenvalue weighted by Gasteiger charge is -2.27. The zero-order chi connectivity index (χ0) is 14.3. The molecular weight excluding hydrogens is 279 g/mol. The maximum absolute atomic E-state index is 13.3. The Balaban J connectivity index is 2.00. The van der Waals surface area contributed by atoms with E-state index in [9.17, 15) is 12.8 Å². The normalized spacial score (nSPS) is 27.5. The minimum absolute atomic E-state index is 0.0258. The number of fused-ring (bicyclic) bond motifs is 2. The number of nitrogens with one attached hydrogen (secondary N) is 1. The van der Waals surface area contributed by atoms with Crippen LogP contribution < -0.4 is 5.32 Å². The predicted octanol–water partition coefficient (Wildman–Crippen LogP) is 1.65. The summed E-state index contributed by atoms with van der Waals surface area (Å²) in [5.41, 5.74) is 0.367. The number of aryl methyl sites for hydroxylation is 1. The Bertz CT molecular complexity index is 604. The Hall–Kier alpha value is -0.980. The Morgan fingerprint density at radius 3 is 2.75 bits per heavy atom. The number of hydrogen-bond acceptors (Lipinski definition) is 3. The summed E-state index contributed by atoms with van der Waals surface area (Å²) < 4.78 is 40.7. The van der Waals surface area contributed by atoms with Gasteiger partial charge in [0.1, 0.15) is 5.82 Å². The highest BCUT2D eigenvalue weighted by Crippen LogP contribution is 2.34. The van der Waals surface area contributed by atoms with E-state index in [1.807, 2.05) is 0 Å². The molecule has 2 atom stereocenters. The molecule has 2 fully saturated rings. The van der Waals surface area contributed by atoms with E-state index in [2.05, 4.69) is 5.32 Å². The van der Waals surface area contributed by atoms with Crippen LogP contribution in [0.5, 0.6) is 0 Å². The van der Waals surface area contributed by atoms with Crippen LogP contribution in [0, 0.1) is 12.7 Å². The van der Waals surface area contributed by atoms with E-state index < -0.39 is 10.0 Å². The van der Waals surface area contributed by atoms with Gasteiger partial charge >= 0.3 is 0 Å². The highest BCUT2D eigenvalue weighted by molar-refractivity contribution is 7.89. The highest BCUT2D eigenvalue weighted by atomic mass is 32.2. The van der Waals surface area contributed by atoms with Crippen molar-refractivity contribution >= 4 is 10.0 Å². The summed E-state index contributed by atoms with van der Waals surface area (Å²) in [5, 5.41) is 3.29. The van der Waals surface area contributed by atoms with Crippen LogP contribution in [0.15, 0.2) is 23.1 Å². The van der Waals surface area contributed by atoms with Crippen molar-refractivity contribution in [2.45, 2.75) is 43.2 Å². The largest absolute Gasteiger partial charge is 0.315 e. The molecule has 4 nitrogen and oxygen atoms in total. The molecule has 1 aromatic carbocycles. The van der Waals surface area contributed by atoms with Crippen LogP contribution in [-0.4, -0.2) is 37.9 Å². The molecule has 1 N–H and O–H groups in total. The molecule has 2 unspecified atom stereocenters. The lowest BCUT2D eigenvalue weighted by atomic mass is 10.1. The van der Waals surface area contributed by atoms with Crippen molar-refractivity contribution in [3.63, 3.8) is 0 Å². The van der Waals surface area contributed by atoms with E-state index in [0.717, 1.165) is 25.8 Å². The summed E-state index contributed by atoms with van der Waals surface area (Å²) in [5.74, 6) is -0.371. The van der Waals surface area contributed by atoms with E-state index in [1.165, 1.54) is 18.2 Å². The second-order valence-corrected chi connectivity index (χ2v) is 7.47. The summed E-state index contributed by atoms with van der Waals surface area (Å²) in [6.45, 7) is 3.15. The van der Waals surface area contributed by atoms with Crippen LogP contribution in [-0.2, 0) is 10.0 Å². The molecule has 2 saturated heterocycles. The Morgan fingerprint density at radius 2 is 2.00 bits per heavy atom. The number of benzene rings is 1. The average molecular weight is 298 g/mol. The van der Waals surface area contributed by atoms with Gasteiger partial charge in [0.05, 0.1) is 4.90 Å². The van der Waals surface area contributed by atoms with Gasteiger partial charge in [0, 0.05) is 18.6 Å². The number of sulfonamides is 1. The molecule has 0 aliphatic carbocycles. The number of nitrogens with zero attached hydrogens (tertiary/aromatic N) is 1. The Kier molecular flexibility index (Phi) is 3.56. The fourth-order valence-corrected chi connectivity index (χ4v) is 5.22. The lowest BCUT2D eigenvalue weighted by Crippen LogP contribution is -2.42. The molecule has 0 amide bonds. The molecule has 0 spiro atoms. The molecule has 2 bridgehead atoms. The van der Waals surface area contributed by atoms with Gasteiger partial charge in [-0.25, -0.2) is 12.8 Å². The third-order valence-corrected chi connectivity index (χ3v) is 6.29. The van der Waals surface area contributed by atoms with Gasteiger partial charge < -0.3 is 5.32 Å². The van der Waals surface area contributed by atoms with Crippen molar-refractivity contribution in [1.82, 2.24) is 9.62 Å². The first-order valence-corrected chi connectivity index (χ1v) is 8.44. The lowest BCUT2D eigenvalue weighted by molar-refractivity contribution is 0.334. The second kappa shape index (κ2) is 5.09. The first-order valence-electron chi connectivity index (χ1n) is 7.00. The van der Waals surface area contributed by atoms with Crippen LogP contribution in [0.4, 0.5) is 4.39 Å². The quantitative estimate of drug-likeness (QED) is 0.903. The van der Waals surface area contributed by atoms with Crippen molar-refractivity contribution < 1.29 is 12.8 Å². The van der Waals surface area contributed by atoms with Crippen LogP contribution in [0.3, 0.4) is 0 Å². The van der Waals surface area contributed by atoms with Crippen LogP contribution in [0.1, 0.15) is 24.8 Å². The summed E-state index contributed by atoms with van der Waals surface area (Å²) in [6.07, 6.45) is 2.67. The molecule has 0 radical (unpaired) electrons. The topological polar surface area (TPSA) is 49.4 Å². The van der Waals surface area contributed by atoms with E-state index in [1.54, 1.807) is 11.2 Å². The molecular formula is C14H19FN2O2S. The molecule has 2 aliphatic rings. The van der Waals surface area contributed by atoms with E-state index in [0.29, 0.717) is 12.1 Å². The van der Waals surface area contributed by atoms with Gasteiger partial charge in [0.25, 0.3) is 0 Å². The molecule has 1 aromatic rings. The second-order valence-electron chi connectivity index (χ2n) is 5.62. The summed E-state index contributed by atoms with van der Waals surface area (Å²) in [4.78, 5) is 0.204. The van der Waals surface area contributed by atoms with E-state index in [-0.39, 0.29) is 22.8 Å². The number of halogens is 1. The summed E-state index contributed by atoms with van der Waals surface area (Å²) in [7, 11) is -3.53. The zero-order valence-electron chi connectivity index (χ0n) is 11.5. The van der Waals surface area contributed by atoms with Crippen molar-refractivity contribution in [3.8, 4) is 0 Å². The van der Waals surface area contributed by atoms with Gasteiger partial charge in [-0.3, -0.25) is 0 Å². The monoisotopic (exact) mass is 298 g/mol. The molecule has 0 saturated carbocycles. The van der Waals surface area contributed by atoms with Crippen molar-refractivity contribution in [2.75, 3.05) is 13.1 Å². The van der Waals surface area contributed by atoms with Crippen LogP contribution in [0.2, 0.25) is 0 Å². The SMILES string of the molecule is Cc1cc(S(=O)(=O)N2C3CCNCC2CC3)ccc1F. The minimum Gasteiger partial charge on any atom is -0.315 e. The van der Waals surface area contributed by atoms with Gasteiger partial charge in [-0.1, -0.05) is 0 Å². The number of rotatable bonds is 2. The first kappa shape index (κ1) is 14.0. The maximum atomic E-state index is 13.3. The smallest absolute Gasteiger partial charge is 0.243 e. The molecule has 0 aromatic heterocycles. The predicted molar refractivity (Wildman–Crippen MR) is 74.5 cm³/mol. The third kappa shape index (κ3) is 2.25. The van der Waals surface area contributed by atoms with Gasteiger partial charge in [-0.05, 0) is 56.5 Å².